The summed E-state index contributed by atoms with van der Waals surface area (Å²) in [5.74, 6) is 1.57. The summed E-state index contributed by atoms with van der Waals surface area (Å²) in [6.07, 6.45) is 2.91. The molecule has 19 heavy (non-hydrogen) atoms. The van der Waals surface area contributed by atoms with Gasteiger partial charge in [0.05, 0.1) is 0 Å². The third-order valence-electron chi connectivity index (χ3n) is 3.89. The molecule has 0 radical (unpaired) electrons. The van der Waals surface area contributed by atoms with Gasteiger partial charge in [-0.3, -0.25) is 9.88 Å². The molecule has 0 saturated carbocycles. The molecule has 0 amide bonds. The van der Waals surface area contributed by atoms with E-state index in [1.807, 2.05) is 12.1 Å². The fourth-order valence-corrected chi connectivity index (χ4v) is 2.64. The van der Waals surface area contributed by atoms with Crippen molar-refractivity contribution in [2.75, 3.05) is 13.1 Å². The fraction of sp³-hybridized carbons (Fsp3) is 0.571. The maximum atomic E-state index is 8.80. The number of aromatic nitrogens is 1. The number of hydrogen-bond acceptors (Lipinski definition) is 4. The minimum Gasteiger partial charge on any atom is -0.409 e. The lowest BCUT2D eigenvalue weighted by molar-refractivity contribution is 0.296. The molecular weight excluding hydrogens is 240 g/mol. The molecule has 1 aliphatic heterocycles. The zero-order valence-electron chi connectivity index (χ0n) is 11.6. The molecule has 1 aromatic heterocycles. The highest BCUT2D eigenvalue weighted by molar-refractivity contribution is 5.96. The highest BCUT2D eigenvalue weighted by Gasteiger charge is 2.25. The topological polar surface area (TPSA) is 74.7 Å². The number of likely N-dealkylation sites (tertiary alicyclic amines) is 1. The monoisotopic (exact) mass is 262 g/mol. The first-order valence-electron chi connectivity index (χ1n) is 6.76. The Labute approximate surface area is 114 Å². The maximum absolute atomic E-state index is 8.80. The van der Waals surface area contributed by atoms with Crippen LogP contribution in [0.25, 0.3) is 0 Å². The van der Waals surface area contributed by atoms with Crippen LogP contribution in [0.5, 0.6) is 0 Å². The van der Waals surface area contributed by atoms with Gasteiger partial charge in [0.1, 0.15) is 5.69 Å². The Kier molecular flexibility index (Phi) is 4.37. The summed E-state index contributed by atoms with van der Waals surface area (Å²) in [6.45, 7) is 7.58. The van der Waals surface area contributed by atoms with Crippen LogP contribution >= 0.6 is 0 Å². The molecule has 1 aromatic rings. The number of nitrogens with zero attached hydrogens (tertiary/aromatic N) is 3. The number of hydrogen-bond donors (Lipinski definition) is 2. The molecule has 1 aliphatic rings. The first-order chi connectivity index (χ1) is 9.11. The van der Waals surface area contributed by atoms with Gasteiger partial charge in [-0.2, -0.15) is 0 Å². The van der Waals surface area contributed by atoms with E-state index in [0.29, 0.717) is 5.69 Å². The number of amidine groups is 1. The first-order valence-corrected chi connectivity index (χ1v) is 6.76. The van der Waals surface area contributed by atoms with E-state index in [9.17, 15) is 0 Å². The third kappa shape index (κ3) is 3.23. The van der Waals surface area contributed by atoms with Gasteiger partial charge in [-0.25, -0.2) is 0 Å². The second-order valence-electron chi connectivity index (χ2n) is 5.52. The van der Waals surface area contributed by atoms with Crippen LogP contribution in [-0.4, -0.2) is 34.0 Å². The van der Waals surface area contributed by atoms with E-state index in [0.717, 1.165) is 37.0 Å². The minimum atomic E-state index is 0.0789. The van der Waals surface area contributed by atoms with Crippen molar-refractivity contribution >= 4 is 5.84 Å². The van der Waals surface area contributed by atoms with Gasteiger partial charge >= 0.3 is 0 Å². The molecule has 5 nitrogen and oxygen atoms in total. The number of nitrogens with two attached hydrogens (primary N) is 1. The second-order valence-corrected chi connectivity index (χ2v) is 5.52. The average molecular weight is 262 g/mol. The summed E-state index contributed by atoms with van der Waals surface area (Å²) < 4.78 is 0. The quantitative estimate of drug-likeness (QED) is 0.374. The molecular formula is C14H22N4O. The molecule has 1 fully saturated rings. The lowest BCUT2D eigenvalue weighted by atomic mass is 9.95. The van der Waals surface area contributed by atoms with E-state index in [4.69, 9.17) is 10.9 Å². The molecule has 3 N–H and O–H groups in total. The lowest BCUT2D eigenvalue weighted by Crippen LogP contribution is -2.25. The molecule has 0 spiro atoms. The molecule has 0 aliphatic carbocycles. The van der Waals surface area contributed by atoms with Gasteiger partial charge in [0.15, 0.2) is 5.84 Å². The summed E-state index contributed by atoms with van der Waals surface area (Å²) in [4.78, 5) is 6.62. The molecule has 1 atom stereocenters. The maximum Gasteiger partial charge on any atom is 0.189 e. The van der Waals surface area contributed by atoms with E-state index in [2.05, 4.69) is 28.9 Å². The molecule has 104 valence electrons. The first kappa shape index (κ1) is 13.8. The second kappa shape index (κ2) is 6.02. The summed E-state index contributed by atoms with van der Waals surface area (Å²) in [6, 6.07) is 3.88. The van der Waals surface area contributed by atoms with Gasteiger partial charge in [-0.15, -0.1) is 0 Å². The van der Waals surface area contributed by atoms with Crippen molar-refractivity contribution in [2.24, 2.45) is 22.7 Å². The van der Waals surface area contributed by atoms with Crippen LogP contribution in [0.4, 0.5) is 0 Å². The van der Waals surface area contributed by atoms with Gasteiger partial charge in [-0.1, -0.05) is 25.1 Å². The highest BCUT2D eigenvalue weighted by Crippen LogP contribution is 2.25. The summed E-state index contributed by atoms with van der Waals surface area (Å²) in [5, 5.41) is 11.8. The largest absolute Gasteiger partial charge is 0.409 e. The van der Waals surface area contributed by atoms with Gasteiger partial charge in [0.25, 0.3) is 0 Å². The van der Waals surface area contributed by atoms with Crippen LogP contribution < -0.4 is 5.73 Å². The van der Waals surface area contributed by atoms with Crippen LogP contribution in [0.15, 0.2) is 23.5 Å². The SMILES string of the molecule is CC(C)C1CCN(Cc2cccnc2/C(N)=N/O)C1. The predicted molar refractivity (Wildman–Crippen MR) is 75.0 cm³/mol. The summed E-state index contributed by atoms with van der Waals surface area (Å²) in [5.41, 5.74) is 7.26. The van der Waals surface area contributed by atoms with Crippen molar-refractivity contribution in [2.45, 2.75) is 26.8 Å². The Bertz CT molecular complexity index is 459. The van der Waals surface area contributed by atoms with E-state index in [1.165, 1.54) is 6.42 Å². The number of oxime groups is 1. The van der Waals surface area contributed by atoms with E-state index < -0.39 is 0 Å². The van der Waals surface area contributed by atoms with E-state index in [-0.39, 0.29) is 5.84 Å². The molecule has 5 heteroatoms. The standard InChI is InChI=1S/C14H22N4O/c1-10(2)11-5-7-18(8-11)9-12-4-3-6-16-13(12)14(15)17-19/h3-4,6,10-11,19H,5,7-9H2,1-2H3,(H2,15,17). The fourth-order valence-electron chi connectivity index (χ4n) is 2.64. The third-order valence-corrected chi connectivity index (χ3v) is 3.89. The van der Waals surface area contributed by atoms with Gasteiger partial charge in [0.2, 0.25) is 0 Å². The Hall–Kier alpha value is -1.62. The molecule has 1 saturated heterocycles. The smallest absolute Gasteiger partial charge is 0.189 e. The van der Waals surface area contributed by atoms with Gasteiger partial charge < -0.3 is 10.9 Å². The van der Waals surface area contributed by atoms with Crippen molar-refractivity contribution in [3.63, 3.8) is 0 Å². The van der Waals surface area contributed by atoms with Crippen molar-refractivity contribution in [3.8, 4) is 0 Å². The average Bonchev–Trinajstić information content (AvgIpc) is 2.87. The molecule has 0 aromatic carbocycles. The van der Waals surface area contributed by atoms with Crippen LogP contribution in [0, 0.1) is 11.8 Å². The molecule has 2 heterocycles. The zero-order chi connectivity index (χ0) is 13.8. The Morgan fingerprint density at radius 2 is 2.42 bits per heavy atom. The molecule has 2 rings (SSSR count). The summed E-state index contributed by atoms with van der Waals surface area (Å²) in [7, 11) is 0. The van der Waals surface area contributed by atoms with Crippen LogP contribution in [0.1, 0.15) is 31.5 Å². The van der Waals surface area contributed by atoms with Crippen LogP contribution in [-0.2, 0) is 6.54 Å². The lowest BCUT2D eigenvalue weighted by Gasteiger charge is -2.18. The van der Waals surface area contributed by atoms with Gasteiger partial charge in [0, 0.05) is 19.3 Å². The summed E-state index contributed by atoms with van der Waals surface area (Å²) >= 11 is 0. The zero-order valence-corrected chi connectivity index (χ0v) is 11.6. The Morgan fingerprint density at radius 1 is 1.63 bits per heavy atom. The van der Waals surface area contributed by atoms with Gasteiger partial charge in [-0.05, 0) is 36.4 Å². The van der Waals surface area contributed by atoms with Crippen LogP contribution in [0.2, 0.25) is 0 Å². The Morgan fingerprint density at radius 3 is 3.05 bits per heavy atom. The van der Waals surface area contributed by atoms with E-state index >= 15 is 0 Å². The predicted octanol–water partition coefficient (Wildman–Crippen LogP) is 1.65. The Balaban J connectivity index is 2.08. The van der Waals surface area contributed by atoms with Crippen molar-refractivity contribution < 1.29 is 5.21 Å². The van der Waals surface area contributed by atoms with Crippen molar-refractivity contribution in [3.05, 3.63) is 29.6 Å². The normalized spacial score (nSPS) is 21.2. The molecule has 1 unspecified atom stereocenters. The number of rotatable bonds is 4. The van der Waals surface area contributed by atoms with E-state index in [1.54, 1.807) is 6.20 Å². The minimum absolute atomic E-state index is 0.0789. The molecule has 0 bridgehead atoms. The van der Waals surface area contributed by atoms with Crippen molar-refractivity contribution in [1.82, 2.24) is 9.88 Å². The number of pyridine rings is 1. The highest BCUT2D eigenvalue weighted by atomic mass is 16.4. The van der Waals surface area contributed by atoms with Crippen molar-refractivity contribution in [1.29, 1.82) is 0 Å². The van der Waals surface area contributed by atoms with Crippen LogP contribution in [0.3, 0.4) is 0 Å².